The summed E-state index contributed by atoms with van der Waals surface area (Å²) in [4.78, 5) is 0. The molecule has 0 saturated carbocycles. The van der Waals surface area contributed by atoms with E-state index >= 15 is 0 Å². The molecular formula is C14H18F2N4O. The van der Waals surface area contributed by atoms with E-state index in [9.17, 15) is 8.78 Å². The molecule has 0 aliphatic heterocycles. The molecule has 1 atom stereocenters. The Morgan fingerprint density at radius 2 is 2.05 bits per heavy atom. The Labute approximate surface area is 121 Å². The molecule has 1 heterocycles. The molecule has 2 aromatic rings. The SMILES string of the molecule is CC(Cc1c(F)cccc1F)NCc1cn(CCO)nn1. The number of benzene rings is 1. The summed E-state index contributed by atoms with van der Waals surface area (Å²) >= 11 is 0. The molecule has 1 aromatic heterocycles. The topological polar surface area (TPSA) is 63.0 Å². The van der Waals surface area contributed by atoms with Crippen molar-refractivity contribution in [1.82, 2.24) is 20.3 Å². The first-order valence-corrected chi connectivity index (χ1v) is 6.76. The largest absolute Gasteiger partial charge is 0.394 e. The Balaban J connectivity index is 1.88. The predicted molar refractivity (Wildman–Crippen MR) is 73.5 cm³/mol. The van der Waals surface area contributed by atoms with Gasteiger partial charge in [0, 0.05) is 24.3 Å². The number of nitrogens with one attached hydrogen (secondary N) is 1. The molecule has 114 valence electrons. The third-order valence-corrected chi connectivity index (χ3v) is 3.12. The molecule has 5 nitrogen and oxygen atoms in total. The van der Waals surface area contributed by atoms with Crippen molar-refractivity contribution >= 4 is 0 Å². The molecule has 7 heteroatoms. The Bertz CT molecular complexity index is 568. The van der Waals surface area contributed by atoms with E-state index in [1.54, 1.807) is 6.20 Å². The second-order valence-electron chi connectivity index (χ2n) is 4.88. The first-order valence-electron chi connectivity index (χ1n) is 6.76. The minimum Gasteiger partial charge on any atom is -0.394 e. The highest BCUT2D eigenvalue weighted by atomic mass is 19.1. The zero-order valence-corrected chi connectivity index (χ0v) is 11.8. The molecule has 0 spiro atoms. The molecule has 0 fully saturated rings. The van der Waals surface area contributed by atoms with Crippen molar-refractivity contribution in [3.05, 3.63) is 47.3 Å². The summed E-state index contributed by atoms with van der Waals surface area (Å²) in [5.74, 6) is -1.06. The molecule has 21 heavy (non-hydrogen) atoms. The molecule has 1 aromatic carbocycles. The lowest BCUT2D eigenvalue weighted by Crippen LogP contribution is -2.28. The van der Waals surface area contributed by atoms with E-state index in [0.717, 1.165) is 0 Å². The van der Waals surface area contributed by atoms with Crippen LogP contribution in [0.25, 0.3) is 0 Å². The van der Waals surface area contributed by atoms with Crippen molar-refractivity contribution in [2.75, 3.05) is 6.61 Å². The van der Waals surface area contributed by atoms with Gasteiger partial charge in [0.25, 0.3) is 0 Å². The number of aromatic nitrogens is 3. The summed E-state index contributed by atoms with van der Waals surface area (Å²) in [5.41, 5.74) is 0.797. The van der Waals surface area contributed by atoms with Gasteiger partial charge < -0.3 is 10.4 Å². The third kappa shape index (κ3) is 4.30. The highest BCUT2D eigenvalue weighted by Crippen LogP contribution is 2.14. The van der Waals surface area contributed by atoms with Crippen LogP contribution in [0.1, 0.15) is 18.2 Å². The fourth-order valence-electron chi connectivity index (χ4n) is 2.02. The maximum atomic E-state index is 13.5. The lowest BCUT2D eigenvalue weighted by atomic mass is 10.1. The van der Waals surface area contributed by atoms with E-state index in [0.29, 0.717) is 18.8 Å². The lowest BCUT2D eigenvalue weighted by molar-refractivity contribution is 0.268. The third-order valence-electron chi connectivity index (χ3n) is 3.12. The number of hydrogen-bond acceptors (Lipinski definition) is 4. The molecule has 0 bridgehead atoms. The number of aliphatic hydroxyl groups is 1. The van der Waals surface area contributed by atoms with Gasteiger partial charge in [0.05, 0.1) is 18.8 Å². The first kappa shape index (κ1) is 15.5. The monoisotopic (exact) mass is 296 g/mol. The average Bonchev–Trinajstić information content (AvgIpc) is 2.89. The lowest BCUT2D eigenvalue weighted by Gasteiger charge is -2.13. The molecule has 0 saturated heterocycles. The van der Waals surface area contributed by atoms with Crippen molar-refractivity contribution in [3.63, 3.8) is 0 Å². The number of aliphatic hydroxyl groups excluding tert-OH is 1. The van der Waals surface area contributed by atoms with Crippen LogP contribution in [-0.4, -0.2) is 32.7 Å². The molecule has 0 aliphatic carbocycles. The number of hydrogen-bond donors (Lipinski definition) is 2. The quantitative estimate of drug-likeness (QED) is 0.807. The summed E-state index contributed by atoms with van der Waals surface area (Å²) in [6, 6.07) is 3.75. The number of nitrogens with zero attached hydrogens (tertiary/aromatic N) is 3. The van der Waals surface area contributed by atoms with Gasteiger partial charge in [-0.15, -0.1) is 5.10 Å². The predicted octanol–water partition coefficient (Wildman–Crippen LogP) is 1.27. The number of halogens is 2. The standard InChI is InChI=1S/C14H18F2N4O/c1-10(7-12-13(15)3-2-4-14(12)16)17-8-11-9-20(5-6-21)19-18-11/h2-4,9-10,17,21H,5-8H2,1H3. The second-order valence-corrected chi connectivity index (χ2v) is 4.88. The van der Waals surface area contributed by atoms with Gasteiger partial charge in [-0.05, 0) is 25.5 Å². The van der Waals surface area contributed by atoms with E-state index in [1.165, 1.54) is 22.9 Å². The summed E-state index contributed by atoms with van der Waals surface area (Å²) in [6.07, 6.45) is 1.98. The minimum atomic E-state index is -0.530. The summed E-state index contributed by atoms with van der Waals surface area (Å²) in [7, 11) is 0. The van der Waals surface area contributed by atoms with Gasteiger partial charge in [0.2, 0.25) is 0 Å². The van der Waals surface area contributed by atoms with Gasteiger partial charge in [-0.2, -0.15) is 0 Å². The molecule has 0 aliphatic rings. The zero-order chi connectivity index (χ0) is 15.2. The van der Waals surface area contributed by atoms with Crippen LogP contribution in [0.15, 0.2) is 24.4 Å². The molecule has 1 unspecified atom stereocenters. The Morgan fingerprint density at radius 3 is 2.71 bits per heavy atom. The first-order chi connectivity index (χ1) is 10.1. The second kappa shape index (κ2) is 7.24. The normalized spacial score (nSPS) is 12.6. The molecule has 0 amide bonds. The van der Waals surface area contributed by atoms with Gasteiger partial charge in [-0.3, -0.25) is 0 Å². The van der Waals surface area contributed by atoms with Gasteiger partial charge in [0.1, 0.15) is 11.6 Å². The Morgan fingerprint density at radius 1 is 1.33 bits per heavy atom. The fourth-order valence-corrected chi connectivity index (χ4v) is 2.02. The molecule has 2 rings (SSSR count). The van der Waals surface area contributed by atoms with Crippen LogP contribution in [0.4, 0.5) is 8.78 Å². The van der Waals surface area contributed by atoms with Crippen LogP contribution in [0, 0.1) is 11.6 Å². The molecule has 0 radical (unpaired) electrons. The van der Waals surface area contributed by atoms with Crippen molar-refractivity contribution < 1.29 is 13.9 Å². The highest BCUT2D eigenvalue weighted by molar-refractivity contribution is 5.20. The van der Waals surface area contributed by atoms with E-state index in [-0.39, 0.29) is 24.6 Å². The van der Waals surface area contributed by atoms with Gasteiger partial charge >= 0.3 is 0 Å². The maximum Gasteiger partial charge on any atom is 0.129 e. The highest BCUT2D eigenvalue weighted by Gasteiger charge is 2.12. The van der Waals surface area contributed by atoms with Crippen LogP contribution >= 0.6 is 0 Å². The van der Waals surface area contributed by atoms with Crippen LogP contribution in [0.2, 0.25) is 0 Å². The van der Waals surface area contributed by atoms with Gasteiger partial charge in [-0.25, -0.2) is 13.5 Å². The summed E-state index contributed by atoms with van der Waals surface area (Å²) in [6.45, 7) is 2.69. The van der Waals surface area contributed by atoms with Crippen molar-refractivity contribution in [2.24, 2.45) is 0 Å². The van der Waals surface area contributed by atoms with E-state index < -0.39 is 11.6 Å². The van der Waals surface area contributed by atoms with E-state index in [4.69, 9.17) is 5.11 Å². The van der Waals surface area contributed by atoms with E-state index in [1.807, 2.05) is 6.92 Å². The summed E-state index contributed by atoms with van der Waals surface area (Å²) < 4.78 is 28.6. The average molecular weight is 296 g/mol. The van der Waals surface area contributed by atoms with E-state index in [2.05, 4.69) is 15.6 Å². The Kier molecular flexibility index (Phi) is 5.35. The van der Waals surface area contributed by atoms with Crippen molar-refractivity contribution in [2.45, 2.75) is 32.5 Å². The zero-order valence-electron chi connectivity index (χ0n) is 11.8. The molecular weight excluding hydrogens is 278 g/mol. The van der Waals surface area contributed by atoms with Crippen molar-refractivity contribution in [1.29, 1.82) is 0 Å². The van der Waals surface area contributed by atoms with Crippen LogP contribution in [0.5, 0.6) is 0 Å². The Hall–Kier alpha value is -1.86. The summed E-state index contributed by atoms with van der Waals surface area (Å²) in [5, 5.41) is 19.7. The minimum absolute atomic E-state index is 0.000801. The molecule has 2 N–H and O–H groups in total. The van der Waals surface area contributed by atoms with Crippen LogP contribution in [-0.2, 0) is 19.5 Å². The van der Waals surface area contributed by atoms with Gasteiger partial charge in [-0.1, -0.05) is 11.3 Å². The van der Waals surface area contributed by atoms with Crippen LogP contribution < -0.4 is 5.32 Å². The van der Waals surface area contributed by atoms with Gasteiger partial charge in [0.15, 0.2) is 0 Å². The maximum absolute atomic E-state index is 13.5. The van der Waals surface area contributed by atoms with Crippen molar-refractivity contribution in [3.8, 4) is 0 Å². The smallest absolute Gasteiger partial charge is 0.129 e. The number of rotatable bonds is 7. The fraction of sp³-hybridized carbons (Fsp3) is 0.429. The van der Waals surface area contributed by atoms with Crippen LogP contribution in [0.3, 0.4) is 0 Å².